The minimum absolute atomic E-state index is 0.0803. The van der Waals surface area contributed by atoms with Gasteiger partial charge >= 0.3 is 6.18 Å². The van der Waals surface area contributed by atoms with Crippen LogP contribution >= 0.6 is 0 Å². The van der Waals surface area contributed by atoms with E-state index in [4.69, 9.17) is 0 Å². The fourth-order valence-corrected chi connectivity index (χ4v) is 6.29. The number of phenols is 1. The van der Waals surface area contributed by atoms with E-state index in [1.54, 1.807) is 7.05 Å². The molecule has 1 aliphatic heterocycles. The lowest BCUT2D eigenvalue weighted by Crippen LogP contribution is -2.56. The van der Waals surface area contributed by atoms with Crippen LogP contribution in [0.4, 0.5) is 27.9 Å². The van der Waals surface area contributed by atoms with Gasteiger partial charge in [-0.15, -0.1) is 0 Å². The smallest absolute Gasteiger partial charge is 0.419 e. The number of sulfonamides is 1. The Bertz CT molecular complexity index is 1750. The number of alkyl halides is 3. The average molecular weight is 611 g/mol. The quantitative estimate of drug-likeness (QED) is 0.321. The van der Waals surface area contributed by atoms with Crippen LogP contribution < -0.4 is 4.90 Å². The molecule has 0 bridgehead atoms. The summed E-state index contributed by atoms with van der Waals surface area (Å²) in [4.78, 5) is 10.9. The molecule has 0 saturated carbocycles. The van der Waals surface area contributed by atoms with E-state index in [1.807, 2.05) is 35.2 Å². The summed E-state index contributed by atoms with van der Waals surface area (Å²) in [6, 6.07) is 9.91. The van der Waals surface area contributed by atoms with Gasteiger partial charge in [0.05, 0.1) is 17.2 Å². The Morgan fingerprint density at radius 1 is 1.10 bits per heavy atom. The topological polar surface area (TPSA) is 104 Å². The first-order valence-electron chi connectivity index (χ1n) is 12.8. The number of benzene rings is 2. The first kappa shape index (κ1) is 29.6. The van der Waals surface area contributed by atoms with Gasteiger partial charge in [0.15, 0.2) is 23.0 Å². The standard InChI is InChI=1S/C27H27F5N6O3S/c1-36(26(14-16-7-5-4-6-8-16)9-11-38(12-10-26)42(3,40)41)25-33-15-18-22(35-37(2)24(18)34-25)17-13-19(27(30,31)32)21(29)23(39)20(17)28/h4-8,13,15,39H,9-12,14H2,1-3H3. The molecular weight excluding hydrogens is 583 g/mol. The molecule has 0 unspecified atom stereocenters. The van der Waals surface area contributed by atoms with E-state index < -0.39 is 50.2 Å². The number of rotatable bonds is 6. The second-order valence-corrected chi connectivity index (χ2v) is 12.4. The summed E-state index contributed by atoms with van der Waals surface area (Å²) in [6.45, 7) is 0.561. The van der Waals surface area contributed by atoms with Gasteiger partial charge in [0.1, 0.15) is 5.69 Å². The fourth-order valence-electron chi connectivity index (χ4n) is 5.44. The van der Waals surface area contributed by atoms with E-state index in [9.17, 15) is 35.5 Å². The maximum absolute atomic E-state index is 14.9. The summed E-state index contributed by atoms with van der Waals surface area (Å²) in [6.07, 6.45) is -1.26. The van der Waals surface area contributed by atoms with Crippen molar-refractivity contribution in [2.75, 3.05) is 31.3 Å². The molecule has 2 aromatic heterocycles. The van der Waals surface area contributed by atoms with E-state index >= 15 is 0 Å². The van der Waals surface area contributed by atoms with Crippen LogP contribution in [0.2, 0.25) is 0 Å². The van der Waals surface area contributed by atoms with E-state index in [-0.39, 0.29) is 41.8 Å². The molecule has 224 valence electrons. The van der Waals surface area contributed by atoms with Crippen molar-refractivity contribution < 1.29 is 35.5 Å². The van der Waals surface area contributed by atoms with Gasteiger partial charge in [-0.1, -0.05) is 30.3 Å². The van der Waals surface area contributed by atoms with Crippen LogP contribution in [0.15, 0.2) is 42.6 Å². The third-order valence-corrected chi connectivity index (χ3v) is 9.12. The van der Waals surface area contributed by atoms with Gasteiger partial charge in [0.2, 0.25) is 16.0 Å². The molecule has 1 saturated heterocycles. The van der Waals surface area contributed by atoms with Crippen LogP contribution in [0.1, 0.15) is 24.0 Å². The second kappa shape index (κ2) is 10.5. The van der Waals surface area contributed by atoms with E-state index in [1.165, 1.54) is 28.5 Å². The van der Waals surface area contributed by atoms with Gasteiger partial charge in [-0.25, -0.2) is 31.2 Å². The first-order valence-corrected chi connectivity index (χ1v) is 14.7. The fraction of sp³-hybridized carbons (Fsp3) is 0.370. The van der Waals surface area contributed by atoms with Gasteiger partial charge in [0, 0.05) is 44.5 Å². The third-order valence-electron chi connectivity index (χ3n) is 7.82. The molecule has 1 N–H and O–H groups in total. The Kier molecular flexibility index (Phi) is 7.38. The Labute approximate surface area is 238 Å². The molecule has 15 heteroatoms. The lowest BCUT2D eigenvalue weighted by molar-refractivity contribution is -0.140. The number of hydrogen-bond donors (Lipinski definition) is 1. The van der Waals surface area contributed by atoms with Crippen molar-refractivity contribution in [3.63, 3.8) is 0 Å². The van der Waals surface area contributed by atoms with Crippen molar-refractivity contribution in [2.45, 2.75) is 31.0 Å². The summed E-state index contributed by atoms with van der Waals surface area (Å²) < 4.78 is 96.2. The highest BCUT2D eigenvalue weighted by atomic mass is 32.2. The van der Waals surface area contributed by atoms with Gasteiger partial charge in [-0.3, -0.25) is 0 Å². The Morgan fingerprint density at radius 3 is 2.33 bits per heavy atom. The summed E-state index contributed by atoms with van der Waals surface area (Å²) in [5, 5.41) is 14.0. The lowest BCUT2D eigenvalue weighted by atomic mass is 9.81. The molecule has 0 radical (unpaired) electrons. The SMILES string of the molecule is CN(c1ncc2c(-c3cc(C(F)(F)F)c(F)c(O)c3F)nn(C)c2n1)C1(Cc2ccccc2)CCN(S(C)(=O)=O)CC1. The molecule has 2 aromatic carbocycles. The number of hydrogen-bond acceptors (Lipinski definition) is 7. The van der Waals surface area contributed by atoms with Gasteiger partial charge < -0.3 is 10.0 Å². The molecule has 1 aliphatic rings. The number of aromatic nitrogens is 4. The summed E-state index contributed by atoms with van der Waals surface area (Å²) in [7, 11) is -0.150. The number of phenolic OH excluding ortho intramolecular Hbond substituents is 1. The summed E-state index contributed by atoms with van der Waals surface area (Å²) in [5.74, 6) is -5.24. The zero-order valence-electron chi connectivity index (χ0n) is 22.8. The van der Waals surface area contributed by atoms with E-state index in [2.05, 4.69) is 15.1 Å². The highest BCUT2D eigenvalue weighted by Gasteiger charge is 2.42. The van der Waals surface area contributed by atoms with Crippen molar-refractivity contribution in [2.24, 2.45) is 7.05 Å². The summed E-state index contributed by atoms with van der Waals surface area (Å²) in [5.41, 5.74) is -2.31. The molecule has 3 heterocycles. The molecular formula is C27H27F5N6O3S. The van der Waals surface area contributed by atoms with Gasteiger partial charge in [0.25, 0.3) is 0 Å². The second-order valence-electron chi connectivity index (χ2n) is 10.4. The van der Waals surface area contributed by atoms with Gasteiger partial charge in [-0.05, 0) is 30.9 Å². The van der Waals surface area contributed by atoms with Crippen LogP contribution in [0.25, 0.3) is 22.3 Å². The van der Waals surface area contributed by atoms with E-state index in [0.29, 0.717) is 19.3 Å². The molecule has 9 nitrogen and oxygen atoms in total. The number of halogens is 5. The maximum Gasteiger partial charge on any atom is 0.419 e. The van der Waals surface area contributed by atoms with E-state index in [0.717, 1.165) is 5.56 Å². The minimum Gasteiger partial charge on any atom is -0.503 e. The predicted molar refractivity (Wildman–Crippen MR) is 145 cm³/mol. The number of likely N-dealkylation sites (N-methyl/N-ethyl adjacent to an activating group) is 1. The highest BCUT2D eigenvalue weighted by Crippen LogP contribution is 2.42. The largest absolute Gasteiger partial charge is 0.503 e. The van der Waals surface area contributed by atoms with Crippen molar-refractivity contribution >= 4 is 27.0 Å². The number of aryl methyl sites for hydroxylation is 1. The molecule has 0 atom stereocenters. The zero-order valence-corrected chi connectivity index (χ0v) is 23.6. The number of piperidine rings is 1. The van der Waals surface area contributed by atoms with Crippen molar-refractivity contribution in [3.05, 3.63) is 65.4 Å². The van der Waals surface area contributed by atoms with Crippen molar-refractivity contribution in [1.82, 2.24) is 24.1 Å². The number of fused-ring (bicyclic) bond motifs is 1. The molecule has 0 amide bonds. The number of nitrogens with zero attached hydrogens (tertiary/aromatic N) is 6. The van der Waals surface area contributed by atoms with Crippen LogP contribution in [0.5, 0.6) is 5.75 Å². The zero-order chi connectivity index (χ0) is 30.6. The molecule has 42 heavy (non-hydrogen) atoms. The number of aromatic hydroxyl groups is 1. The highest BCUT2D eigenvalue weighted by molar-refractivity contribution is 7.88. The Balaban J connectivity index is 1.57. The molecule has 0 aliphatic carbocycles. The van der Waals surface area contributed by atoms with Crippen LogP contribution in [0, 0.1) is 11.6 Å². The molecule has 0 spiro atoms. The monoisotopic (exact) mass is 610 g/mol. The Hall–Kier alpha value is -3.85. The third kappa shape index (κ3) is 5.26. The molecule has 5 rings (SSSR count). The first-order chi connectivity index (χ1) is 19.6. The maximum atomic E-state index is 14.9. The van der Waals surface area contributed by atoms with Crippen LogP contribution in [-0.4, -0.2) is 69.5 Å². The summed E-state index contributed by atoms with van der Waals surface area (Å²) >= 11 is 0. The predicted octanol–water partition coefficient (Wildman–Crippen LogP) is 4.51. The van der Waals surface area contributed by atoms with Crippen molar-refractivity contribution in [1.29, 1.82) is 0 Å². The lowest BCUT2D eigenvalue weighted by Gasteiger charge is -2.47. The van der Waals surface area contributed by atoms with Crippen LogP contribution in [-0.2, 0) is 29.7 Å². The van der Waals surface area contributed by atoms with Crippen molar-refractivity contribution in [3.8, 4) is 17.0 Å². The normalized spacial score (nSPS) is 16.2. The van der Waals surface area contributed by atoms with Crippen LogP contribution in [0.3, 0.4) is 0 Å². The average Bonchev–Trinajstić information content (AvgIpc) is 3.26. The Morgan fingerprint density at radius 2 is 1.74 bits per heavy atom. The minimum atomic E-state index is -5.19. The van der Waals surface area contributed by atoms with Gasteiger partial charge in [-0.2, -0.15) is 23.3 Å². The molecule has 1 fully saturated rings. The number of anilines is 1. The molecule has 4 aromatic rings.